The van der Waals surface area contributed by atoms with Crippen LogP contribution in [-0.4, -0.2) is 24.6 Å². The van der Waals surface area contributed by atoms with Gasteiger partial charge in [-0.15, -0.1) is 11.3 Å². The van der Waals surface area contributed by atoms with Crippen LogP contribution in [0.3, 0.4) is 0 Å². The predicted molar refractivity (Wildman–Crippen MR) is 50.9 cm³/mol. The molecule has 1 atom stereocenters. The van der Waals surface area contributed by atoms with Crippen molar-refractivity contribution in [2.45, 2.75) is 12.8 Å². The van der Waals surface area contributed by atoms with Crippen LogP contribution in [0.2, 0.25) is 0 Å². The van der Waals surface area contributed by atoms with E-state index in [-0.39, 0.29) is 5.92 Å². The van der Waals surface area contributed by atoms with E-state index in [0.717, 1.165) is 5.01 Å². The summed E-state index contributed by atoms with van der Waals surface area (Å²) < 4.78 is 4.54. The maximum absolute atomic E-state index is 11.0. The van der Waals surface area contributed by atoms with Gasteiger partial charge in [-0.1, -0.05) is 6.92 Å². The summed E-state index contributed by atoms with van der Waals surface area (Å²) in [5.41, 5.74) is 5.84. The van der Waals surface area contributed by atoms with Gasteiger partial charge in [0.25, 0.3) is 0 Å². The van der Waals surface area contributed by atoms with Crippen molar-refractivity contribution in [3.63, 3.8) is 0 Å². The van der Waals surface area contributed by atoms with Gasteiger partial charge < -0.3 is 10.5 Å². The van der Waals surface area contributed by atoms with Crippen LogP contribution < -0.4 is 5.73 Å². The first-order valence-electron chi connectivity index (χ1n) is 3.92. The number of thiazole rings is 1. The molecule has 2 N–H and O–H groups in total. The first-order chi connectivity index (χ1) is 6.19. The third-order valence-electron chi connectivity index (χ3n) is 1.69. The maximum atomic E-state index is 11.0. The summed E-state index contributed by atoms with van der Waals surface area (Å²) in [6, 6.07) is 0. The summed E-state index contributed by atoms with van der Waals surface area (Å²) in [5, 5.41) is 2.57. The molecule has 13 heavy (non-hydrogen) atoms. The average molecular weight is 200 g/mol. The Labute approximate surface area is 80.7 Å². The Morgan fingerprint density at radius 1 is 1.85 bits per heavy atom. The second-order valence-electron chi connectivity index (χ2n) is 2.70. The number of carbonyl (C=O) groups is 1. The molecule has 4 nitrogen and oxygen atoms in total. The van der Waals surface area contributed by atoms with Crippen LogP contribution in [0.1, 0.15) is 28.3 Å². The Bertz CT molecular complexity index is 298. The van der Waals surface area contributed by atoms with Crippen molar-refractivity contribution < 1.29 is 9.53 Å². The standard InChI is InChI=1S/C8H12N2O2S/c1-5(3-9)7-10-6(4-13-7)8(11)12-2/h4-5H,3,9H2,1-2H3/t5-/m0/s1. The molecule has 0 aliphatic heterocycles. The number of ether oxygens (including phenoxy) is 1. The van der Waals surface area contributed by atoms with Gasteiger partial charge in [-0.2, -0.15) is 0 Å². The zero-order chi connectivity index (χ0) is 9.84. The summed E-state index contributed by atoms with van der Waals surface area (Å²) in [6.45, 7) is 2.51. The fourth-order valence-corrected chi connectivity index (χ4v) is 1.67. The molecule has 1 rings (SSSR count). The fourth-order valence-electron chi connectivity index (χ4n) is 0.813. The third-order valence-corrected chi connectivity index (χ3v) is 2.77. The SMILES string of the molecule is COC(=O)c1csc([C@@H](C)CN)n1. The quantitative estimate of drug-likeness (QED) is 0.739. The third kappa shape index (κ3) is 2.26. The molecule has 0 radical (unpaired) electrons. The minimum absolute atomic E-state index is 0.198. The number of hydrogen-bond donors (Lipinski definition) is 1. The number of esters is 1. The van der Waals surface area contributed by atoms with Gasteiger partial charge in [-0.25, -0.2) is 9.78 Å². The van der Waals surface area contributed by atoms with Crippen LogP contribution in [0.25, 0.3) is 0 Å². The average Bonchev–Trinajstić information content (AvgIpc) is 2.64. The number of nitrogens with zero attached hydrogens (tertiary/aromatic N) is 1. The molecule has 0 aromatic carbocycles. The number of hydrogen-bond acceptors (Lipinski definition) is 5. The van der Waals surface area contributed by atoms with Crippen molar-refractivity contribution in [2.24, 2.45) is 5.73 Å². The van der Waals surface area contributed by atoms with E-state index in [9.17, 15) is 4.79 Å². The van der Waals surface area contributed by atoms with Gasteiger partial charge in [0.15, 0.2) is 5.69 Å². The Balaban J connectivity index is 2.80. The summed E-state index contributed by atoms with van der Waals surface area (Å²) in [7, 11) is 1.34. The summed E-state index contributed by atoms with van der Waals surface area (Å²) in [4.78, 5) is 15.1. The van der Waals surface area contributed by atoms with Crippen molar-refractivity contribution >= 4 is 17.3 Å². The molecule has 0 bridgehead atoms. The lowest BCUT2D eigenvalue weighted by Crippen LogP contribution is -2.09. The van der Waals surface area contributed by atoms with Gasteiger partial charge >= 0.3 is 5.97 Å². The van der Waals surface area contributed by atoms with Crippen LogP contribution in [0.5, 0.6) is 0 Å². The molecule has 0 amide bonds. The molecule has 72 valence electrons. The minimum Gasteiger partial charge on any atom is -0.464 e. The molecule has 0 saturated heterocycles. The number of methoxy groups -OCH3 is 1. The zero-order valence-corrected chi connectivity index (χ0v) is 8.43. The van der Waals surface area contributed by atoms with E-state index < -0.39 is 5.97 Å². The van der Waals surface area contributed by atoms with Crippen molar-refractivity contribution in [1.29, 1.82) is 0 Å². The molecular formula is C8H12N2O2S. The Hall–Kier alpha value is -0.940. The van der Waals surface area contributed by atoms with Crippen molar-refractivity contribution in [1.82, 2.24) is 4.98 Å². The molecular weight excluding hydrogens is 188 g/mol. The molecule has 0 aliphatic rings. The predicted octanol–water partition coefficient (Wildman–Crippen LogP) is 0.992. The topological polar surface area (TPSA) is 65.2 Å². The highest BCUT2D eigenvalue weighted by atomic mass is 32.1. The number of carbonyl (C=O) groups excluding carboxylic acids is 1. The van der Waals surface area contributed by atoms with E-state index in [4.69, 9.17) is 5.73 Å². The lowest BCUT2D eigenvalue weighted by molar-refractivity contribution is 0.0594. The first-order valence-corrected chi connectivity index (χ1v) is 4.80. The summed E-state index contributed by atoms with van der Waals surface area (Å²) >= 11 is 1.43. The van der Waals surface area contributed by atoms with Crippen LogP contribution in [0, 0.1) is 0 Å². The molecule has 1 aromatic rings. The van der Waals surface area contributed by atoms with E-state index in [1.807, 2.05) is 6.92 Å². The molecule has 5 heteroatoms. The van der Waals surface area contributed by atoms with Crippen molar-refractivity contribution in [3.05, 3.63) is 16.1 Å². The van der Waals surface area contributed by atoms with E-state index >= 15 is 0 Å². The van der Waals surface area contributed by atoms with Crippen LogP contribution in [0.4, 0.5) is 0 Å². The molecule has 0 unspecified atom stereocenters. The fraction of sp³-hybridized carbons (Fsp3) is 0.500. The van der Waals surface area contributed by atoms with Gasteiger partial charge in [0.05, 0.1) is 12.1 Å². The van der Waals surface area contributed by atoms with Crippen molar-refractivity contribution in [3.8, 4) is 0 Å². The highest BCUT2D eigenvalue weighted by molar-refractivity contribution is 7.09. The number of aromatic nitrogens is 1. The van der Waals surface area contributed by atoms with Gasteiger partial charge in [-0.05, 0) is 0 Å². The van der Waals surface area contributed by atoms with E-state index in [2.05, 4.69) is 9.72 Å². The molecule has 1 aromatic heterocycles. The normalized spacial score (nSPS) is 12.5. The van der Waals surface area contributed by atoms with E-state index in [1.54, 1.807) is 5.38 Å². The molecule has 0 fully saturated rings. The second-order valence-corrected chi connectivity index (χ2v) is 3.59. The van der Waals surface area contributed by atoms with Gasteiger partial charge in [-0.3, -0.25) is 0 Å². The Morgan fingerprint density at radius 3 is 3.08 bits per heavy atom. The Morgan fingerprint density at radius 2 is 2.54 bits per heavy atom. The zero-order valence-electron chi connectivity index (χ0n) is 7.61. The minimum atomic E-state index is -0.397. The summed E-state index contributed by atoms with van der Waals surface area (Å²) in [6.07, 6.45) is 0. The lowest BCUT2D eigenvalue weighted by Gasteiger charge is -2.01. The highest BCUT2D eigenvalue weighted by Gasteiger charge is 2.13. The first kappa shape index (κ1) is 10.1. The van der Waals surface area contributed by atoms with Gasteiger partial charge in [0, 0.05) is 17.8 Å². The maximum Gasteiger partial charge on any atom is 0.357 e. The number of nitrogens with two attached hydrogens (primary N) is 1. The molecule has 1 heterocycles. The molecule has 0 saturated carbocycles. The highest BCUT2D eigenvalue weighted by Crippen LogP contribution is 2.19. The van der Waals surface area contributed by atoms with E-state index in [0.29, 0.717) is 12.2 Å². The van der Waals surface area contributed by atoms with E-state index in [1.165, 1.54) is 18.4 Å². The Kier molecular flexibility index (Phi) is 3.39. The van der Waals surface area contributed by atoms with Crippen LogP contribution in [-0.2, 0) is 4.74 Å². The smallest absolute Gasteiger partial charge is 0.357 e. The number of rotatable bonds is 3. The largest absolute Gasteiger partial charge is 0.464 e. The molecule has 0 aliphatic carbocycles. The van der Waals surface area contributed by atoms with Gasteiger partial charge in [0.1, 0.15) is 0 Å². The van der Waals surface area contributed by atoms with Crippen LogP contribution >= 0.6 is 11.3 Å². The van der Waals surface area contributed by atoms with Crippen LogP contribution in [0.15, 0.2) is 5.38 Å². The lowest BCUT2D eigenvalue weighted by atomic mass is 10.2. The monoisotopic (exact) mass is 200 g/mol. The van der Waals surface area contributed by atoms with Crippen molar-refractivity contribution in [2.75, 3.05) is 13.7 Å². The summed E-state index contributed by atoms with van der Waals surface area (Å²) in [5.74, 6) is -0.199. The molecule has 0 spiro atoms. The van der Waals surface area contributed by atoms with Gasteiger partial charge in [0.2, 0.25) is 0 Å². The second kappa shape index (κ2) is 4.34.